The van der Waals surface area contributed by atoms with E-state index in [1.54, 1.807) is 0 Å². The van der Waals surface area contributed by atoms with E-state index in [0.717, 1.165) is 42.3 Å². The van der Waals surface area contributed by atoms with Crippen LogP contribution in [0.4, 0.5) is 13.2 Å². The molecular weight excluding hydrogens is 427 g/mol. The number of para-hydroxylation sites is 2. The van der Waals surface area contributed by atoms with E-state index >= 15 is 0 Å². The van der Waals surface area contributed by atoms with Crippen LogP contribution in [0.15, 0.2) is 42.5 Å². The van der Waals surface area contributed by atoms with Crippen molar-refractivity contribution in [3.63, 3.8) is 0 Å². The number of halogens is 3. The van der Waals surface area contributed by atoms with Gasteiger partial charge in [-0.05, 0) is 62.2 Å². The lowest BCUT2D eigenvalue weighted by Crippen LogP contribution is -2.49. The monoisotopic (exact) mass is 459 g/mol. The number of aromatic amines is 1. The van der Waals surface area contributed by atoms with E-state index in [0.29, 0.717) is 12.1 Å². The maximum atomic E-state index is 15.0. The van der Waals surface area contributed by atoms with Gasteiger partial charge in [0.05, 0.1) is 16.6 Å². The van der Waals surface area contributed by atoms with E-state index in [4.69, 9.17) is 0 Å². The van der Waals surface area contributed by atoms with E-state index in [-0.39, 0.29) is 17.9 Å². The molecule has 1 aliphatic rings. The number of nitrogens with zero attached hydrogens (tertiary/aromatic N) is 2. The molecule has 0 saturated heterocycles. The van der Waals surface area contributed by atoms with Gasteiger partial charge < -0.3 is 15.0 Å². The molecule has 4 nitrogen and oxygen atoms in total. The standard InChI is InChI=1S/C26H32F3N3O/c1-17(2)24-19-11-10-18(27)15-20(19)26(28,29)16-25(24,33)12-14-32(3)13-6-9-23-30-21-7-4-5-8-22(21)31-23/h4-5,7-8,10-11,15,17,24,33H,6,9,12-14,16H2,1-3H3,(H,30,31)/t24-,25+/m0/s1. The number of hydrogen-bond donors (Lipinski definition) is 2. The summed E-state index contributed by atoms with van der Waals surface area (Å²) in [5.74, 6) is -3.55. The van der Waals surface area contributed by atoms with E-state index in [9.17, 15) is 18.3 Å². The Hall–Kier alpha value is -2.38. The number of imidazole rings is 1. The Balaban J connectivity index is 1.40. The molecule has 0 saturated carbocycles. The quantitative estimate of drug-likeness (QED) is 0.460. The lowest BCUT2D eigenvalue weighted by molar-refractivity contribution is -0.131. The predicted octanol–water partition coefficient (Wildman–Crippen LogP) is 5.62. The number of fused-ring (bicyclic) bond motifs is 2. The lowest BCUT2D eigenvalue weighted by Gasteiger charge is -2.47. The molecule has 178 valence electrons. The molecule has 0 spiro atoms. The van der Waals surface area contributed by atoms with Gasteiger partial charge in [0, 0.05) is 30.9 Å². The largest absolute Gasteiger partial charge is 0.389 e. The van der Waals surface area contributed by atoms with Crippen molar-refractivity contribution in [1.29, 1.82) is 0 Å². The van der Waals surface area contributed by atoms with Crippen molar-refractivity contribution in [2.75, 3.05) is 20.1 Å². The highest BCUT2D eigenvalue weighted by Crippen LogP contribution is 2.53. The second kappa shape index (κ2) is 9.11. The van der Waals surface area contributed by atoms with Crippen LogP contribution in [-0.4, -0.2) is 45.7 Å². The molecular formula is C26H32F3N3O. The highest BCUT2D eigenvalue weighted by atomic mass is 19.3. The minimum Gasteiger partial charge on any atom is -0.389 e. The zero-order valence-electron chi connectivity index (χ0n) is 19.4. The Morgan fingerprint density at radius 2 is 1.94 bits per heavy atom. The summed E-state index contributed by atoms with van der Waals surface area (Å²) in [7, 11) is 1.94. The summed E-state index contributed by atoms with van der Waals surface area (Å²) in [6, 6.07) is 11.5. The fourth-order valence-electron chi connectivity index (χ4n) is 5.36. The average Bonchev–Trinajstić information content (AvgIpc) is 3.15. The summed E-state index contributed by atoms with van der Waals surface area (Å²) in [6.07, 6.45) is 1.19. The van der Waals surface area contributed by atoms with Crippen LogP contribution in [0.2, 0.25) is 0 Å². The molecule has 0 amide bonds. The molecule has 2 atom stereocenters. The first kappa shape index (κ1) is 23.8. The SMILES string of the molecule is CC(C)[C@H]1c2ccc(F)cc2C(F)(F)C[C@]1(O)CCN(C)CCCc1nc2ccccc2[nH]1. The number of alkyl halides is 2. The third-order valence-electron chi connectivity index (χ3n) is 6.84. The predicted molar refractivity (Wildman–Crippen MR) is 124 cm³/mol. The van der Waals surface area contributed by atoms with Gasteiger partial charge >= 0.3 is 0 Å². The molecule has 1 aliphatic carbocycles. The summed E-state index contributed by atoms with van der Waals surface area (Å²) >= 11 is 0. The topological polar surface area (TPSA) is 52.1 Å². The summed E-state index contributed by atoms with van der Waals surface area (Å²) in [4.78, 5) is 9.97. The van der Waals surface area contributed by atoms with Crippen molar-refractivity contribution >= 4 is 11.0 Å². The van der Waals surface area contributed by atoms with Crippen LogP contribution < -0.4 is 0 Å². The second-order valence-corrected chi connectivity index (χ2v) is 9.80. The molecule has 4 rings (SSSR count). The first-order valence-corrected chi connectivity index (χ1v) is 11.6. The summed E-state index contributed by atoms with van der Waals surface area (Å²) in [6.45, 7) is 5.09. The van der Waals surface area contributed by atoms with E-state index < -0.39 is 29.7 Å². The number of nitrogens with one attached hydrogen (secondary N) is 1. The van der Waals surface area contributed by atoms with Gasteiger partial charge in [-0.2, -0.15) is 0 Å². The second-order valence-electron chi connectivity index (χ2n) is 9.80. The Kier molecular flexibility index (Phi) is 6.56. The third kappa shape index (κ3) is 4.94. The van der Waals surface area contributed by atoms with Crippen LogP contribution in [0.1, 0.15) is 56.0 Å². The number of hydrogen-bond acceptors (Lipinski definition) is 3. The average molecular weight is 460 g/mol. The van der Waals surface area contributed by atoms with Crippen LogP contribution >= 0.6 is 0 Å². The van der Waals surface area contributed by atoms with Crippen molar-refractivity contribution in [2.24, 2.45) is 5.92 Å². The third-order valence-corrected chi connectivity index (χ3v) is 6.84. The molecule has 0 bridgehead atoms. The Bertz CT molecular complexity index is 1080. The molecule has 7 heteroatoms. The zero-order chi connectivity index (χ0) is 23.8. The Morgan fingerprint density at radius 3 is 2.67 bits per heavy atom. The van der Waals surface area contributed by atoms with Gasteiger partial charge in [-0.15, -0.1) is 0 Å². The molecule has 1 heterocycles. The van der Waals surface area contributed by atoms with Gasteiger partial charge in [-0.1, -0.05) is 32.0 Å². The maximum absolute atomic E-state index is 15.0. The molecule has 2 N–H and O–H groups in total. The number of aliphatic hydroxyl groups is 1. The molecule has 3 aromatic rings. The molecule has 0 unspecified atom stereocenters. The van der Waals surface area contributed by atoms with Gasteiger partial charge in [-0.25, -0.2) is 18.2 Å². The number of rotatable bonds is 8. The van der Waals surface area contributed by atoms with Crippen LogP contribution in [-0.2, 0) is 12.3 Å². The molecule has 1 aromatic heterocycles. The Morgan fingerprint density at radius 1 is 1.18 bits per heavy atom. The van der Waals surface area contributed by atoms with Gasteiger partial charge in [0.1, 0.15) is 11.6 Å². The van der Waals surface area contributed by atoms with Crippen molar-refractivity contribution < 1.29 is 18.3 Å². The maximum Gasteiger partial charge on any atom is 0.276 e. The Labute approximate surface area is 192 Å². The smallest absolute Gasteiger partial charge is 0.276 e. The van der Waals surface area contributed by atoms with E-state index in [2.05, 4.69) is 14.9 Å². The number of aromatic nitrogens is 2. The molecule has 0 aliphatic heterocycles. The number of H-pyrrole nitrogens is 1. The molecule has 33 heavy (non-hydrogen) atoms. The van der Waals surface area contributed by atoms with Gasteiger partial charge in [0.25, 0.3) is 5.92 Å². The van der Waals surface area contributed by atoms with Crippen LogP contribution in [0.25, 0.3) is 11.0 Å². The van der Waals surface area contributed by atoms with Gasteiger partial charge in [0.15, 0.2) is 0 Å². The number of aryl methyl sites for hydroxylation is 1. The van der Waals surface area contributed by atoms with Crippen molar-refractivity contribution in [3.05, 3.63) is 65.2 Å². The van der Waals surface area contributed by atoms with Gasteiger partial charge in [-0.3, -0.25) is 0 Å². The molecule has 0 radical (unpaired) electrons. The van der Waals surface area contributed by atoms with Crippen molar-refractivity contribution in [1.82, 2.24) is 14.9 Å². The van der Waals surface area contributed by atoms with Gasteiger partial charge in [0.2, 0.25) is 0 Å². The molecule has 0 fully saturated rings. The fraction of sp³-hybridized carbons (Fsp3) is 0.500. The van der Waals surface area contributed by atoms with Crippen LogP contribution in [0.3, 0.4) is 0 Å². The lowest BCUT2D eigenvalue weighted by atomic mass is 9.64. The van der Waals surface area contributed by atoms with E-state index in [1.165, 1.54) is 12.1 Å². The van der Waals surface area contributed by atoms with Crippen LogP contribution in [0, 0.1) is 11.7 Å². The minimum absolute atomic E-state index is 0.0614. The summed E-state index contributed by atoms with van der Waals surface area (Å²) < 4.78 is 43.6. The molecule has 2 aromatic carbocycles. The first-order chi connectivity index (χ1) is 15.6. The summed E-state index contributed by atoms with van der Waals surface area (Å²) in [5.41, 5.74) is 0.473. The first-order valence-electron chi connectivity index (χ1n) is 11.6. The normalized spacial score (nSPS) is 22.3. The fourth-order valence-corrected chi connectivity index (χ4v) is 5.36. The minimum atomic E-state index is -3.27. The van der Waals surface area contributed by atoms with Crippen molar-refractivity contribution in [2.45, 2.75) is 57.0 Å². The zero-order valence-corrected chi connectivity index (χ0v) is 19.4. The van der Waals surface area contributed by atoms with Crippen molar-refractivity contribution in [3.8, 4) is 0 Å². The number of benzene rings is 2. The van der Waals surface area contributed by atoms with Crippen LogP contribution in [0.5, 0.6) is 0 Å². The highest BCUT2D eigenvalue weighted by Gasteiger charge is 2.54. The summed E-state index contributed by atoms with van der Waals surface area (Å²) in [5, 5.41) is 11.5. The van der Waals surface area contributed by atoms with E-state index in [1.807, 2.05) is 45.2 Å². The highest BCUT2D eigenvalue weighted by molar-refractivity contribution is 5.74.